The van der Waals surface area contributed by atoms with Crippen molar-refractivity contribution in [2.45, 2.75) is 59.3 Å². The summed E-state index contributed by atoms with van der Waals surface area (Å²) in [7, 11) is 1.48. The fraction of sp³-hybridized carbons (Fsp3) is 0.714. The Morgan fingerprint density at radius 3 is 2.76 bits per heavy atom. The summed E-state index contributed by atoms with van der Waals surface area (Å²) in [6.07, 6.45) is 9.90. The average Bonchev–Trinajstić information content (AvgIpc) is 3.01. The molecule has 0 bridgehead atoms. The van der Waals surface area contributed by atoms with Crippen LogP contribution in [0.2, 0.25) is 0 Å². The Morgan fingerprint density at radius 1 is 1.36 bits per heavy atom. The largest absolute Gasteiger partial charge is 0.466 e. The standard InChI is InChI=1S/C21H30O4/c1-14-8-10-21(3)16(19(23)24-4)6-5-7-17(21)20(14,2)11-9-15-12-18(22)25-13-15/h6,12,14,17H,5,7-11,13H2,1-4H3/t14-,17-,20+,21+/m1/s1. The van der Waals surface area contributed by atoms with Crippen LogP contribution in [0.5, 0.6) is 0 Å². The normalized spacial score (nSPS) is 37.7. The van der Waals surface area contributed by atoms with E-state index in [0.29, 0.717) is 18.4 Å². The molecule has 0 amide bonds. The molecule has 1 fully saturated rings. The van der Waals surface area contributed by atoms with Crippen LogP contribution < -0.4 is 0 Å². The van der Waals surface area contributed by atoms with Crippen LogP contribution in [-0.2, 0) is 19.1 Å². The van der Waals surface area contributed by atoms with Gasteiger partial charge in [0.1, 0.15) is 6.61 Å². The smallest absolute Gasteiger partial charge is 0.333 e. The van der Waals surface area contributed by atoms with Gasteiger partial charge in [-0.05, 0) is 61.3 Å². The summed E-state index contributed by atoms with van der Waals surface area (Å²) in [5.74, 6) is 0.680. The highest BCUT2D eigenvalue weighted by Crippen LogP contribution is 2.62. The van der Waals surface area contributed by atoms with Gasteiger partial charge in [-0.3, -0.25) is 0 Å². The predicted octanol–water partition coefficient (Wildman–Crippen LogP) is 4.20. The van der Waals surface area contributed by atoms with Crippen molar-refractivity contribution in [3.8, 4) is 0 Å². The maximum absolute atomic E-state index is 12.4. The molecule has 1 heterocycles. The quantitative estimate of drug-likeness (QED) is 0.716. The van der Waals surface area contributed by atoms with E-state index >= 15 is 0 Å². The topological polar surface area (TPSA) is 52.6 Å². The van der Waals surface area contributed by atoms with E-state index in [2.05, 4.69) is 26.8 Å². The van der Waals surface area contributed by atoms with E-state index in [4.69, 9.17) is 9.47 Å². The number of fused-ring (bicyclic) bond motifs is 1. The van der Waals surface area contributed by atoms with Gasteiger partial charge in [-0.15, -0.1) is 0 Å². The molecule has 3 aliphatic rings. The molecule has 0 unspecified atom stereocenters. The third-order valence-electron chi connectivity index (χ3n) is 7.32. The van der Waals surface area contributed by atoms with E-state index < -0.39 is 0 Å². The van der Waals surface area contributed by atoms with E-state index in [9.17, 15) is 9.59 Å². The van der Waals surface area contributed by atoms with Gasteiger partial charge < -0.3 is 9.47 Å². The first-order valence-electron chi connectivity index (χ1n) is 9.46. The lowest BCUT2D eigenvalue weighted by atomic mass is 9.46. The zero-order chi connectivity index (χ0) is 18.2. The Labute approximate surface area is 150 Å². The van der Waals surface area contributed by atoms with Crippen molar-refractivity contribution in [3.05, 3.63) is 23.3 Å². The number of rotatable bonds is 4. The second-order valence-electron chi connectivity index (χ2n) is 8.51. The highest BCUT2D eigenvalue weighted by Gasteiger charge is 2.55. The van der Waals surface area contributed by atoms with Gasteiger partial charge in [-0.25, -0.2) is 9.59 Å². The molecule has 4 heteroatoms. The van der Waals surface area contributed by atoms with Crippen LogP contribution >= 0.6 is 0 Å². The van der Waals surface area contributed by atoms with Gasteiger partial charge in [0.15, 0.2) is 0 Å². The minimum atomic E-state index is -0.213. The third-order valence-corrected chi connectivity index (χ3v) is 7.32. The number of carbonyl (C=O) groups is 2. The van der Waals surface area contributed by atoms with Crippen molar-refractivity contribution >= 4 is 11.9 Å². The Bertz CT molecular complexity index is 632. The van der Waals surface area contributed by atoms with E-state index in [0.717, 1.165) is 49.7 Å². The molecule has 0 N–H and O–H groups in total. The molecular formula is C21H30O4. The van der Waals surface area contributed by atoms with Crippen molar-refractivity contribution in [2.75, 3.05) is 13.7 Å². The maximum Gasteiger partial charge on any atom is 0.333 e. The van der Waals surface area contributed by atoms with Crippen molar-refractivity contribution in [2.24, 2.45) is 22.7 Å². The molecule has 3 rings (SSSR count). The second-order valence-corrected chi connectivity index (χ2v) is 8.51. The van der Waals surface area contributed by atoms with E-state index in [1.54, 1.807) is 6.08 Å². The van der Waals surface area contributed by atoms with Gasteiger partial charge in [0.05, 0.1) is 7.11 Å². The average molecular weight is 346 g/mol. The van der Waals surface area contributed by atoms with Gasteiger partial charge >= 0.3 is 11.9 Å². The summed E-state index contributed by atoms with van der Waals surface area (Å²) in [6.45, 7) is 7.43. The van der Waals surface area contributed by atoms with Crippen LogP contribution in [-0.4, -0.2) is 25.7 Å². The molecule has 0 aromatic heterocycles. The molecule has 1 saturated carbocycles. The van der Waals surface area contributed by atoms with E-state index in [1.165, 1.54) is 7.11 Å². The SMILES string of the molecule is COC(=O)C1=CCC[C@@H]2[C@@](C)(CCC3=CC(=O)OC3)[C@H](C)CC[C@@]12C. The Balaban J connectivity index is 1.85. The lowest BCUT2D eigenvalue weighted by molar-refractivity contribution is -0.140. The lowest BCUT2D eigenvalue weighted by Crippen LogP contribution is -2.51. The van der Waals surface area contributed by atoms with Crippen molar-refractivity contribution < 1.29 is 19.1 Å². The molecule has 0 radical (unpaired) electrons. The molecule has 2 aliphatic carbocycles. The summed E-state index contributed by atoms with van der Waals surface area (Å²) in [4.78, 5) is 23.7. The third kappa shape index (κ3) is 3.04. The molecule has 0 aromatic carbocycles. The molecule has 0 aromatic rings. The predicted molar refractivity (Wildman–Crippen MR) is 95.7 cm³/mol. The monoisotopic (exact) mass is 346 g/mol. The molecule has 0 spiro atoms. The number of esters is 2. The van der Waals surface area contributed by atoms with Gasteiger partial charge in [-0.1, -0.05) is 26.8 Å². The van der Waals surface area contributed by atoms with Crippen LogP contribution in [0.4, 0.5) is 0 Å². The van der Waals surface area contributed by atoms with Gasteiger partial charge in [-0.2, -0.15) is 0 Å². The highest BCUT2D eigenvalue weighted by molar-refractivity contribution is 5.90. The molecule has 0 saturated heterocycles. The molecular weight excluding hydrogens is 316 g/mol. The number of hydrogen-bond acceptors (Lipinski definition) is 4. The Morgan fingerprint density at radius 2 is 2.12 bits per heavy atom. The van der Waals surface area contributed by atoms with Crippen LogP contribution in [0.15, 0.2) is 23.3 Å². The minimum absolute atomic E-state index is 0.108. The van der Waals surface area contributed by atoms with Crippen LogP contribution in [0.3, 0.4) is 0 Å². The van der Waals surface area contributed by atoms with Crippen LogP contribution in [0, 0.1) is 22.7 Å². The number of ether oxygens (including phenoxy) is 2. The first kappa shape index (κ1) is 18.2. The number of methoxy groups -OCH3 is 1. The van der Waals surface area contributed by atoms with E-state index in [1.807, 2.05) is 0 Å². The number of hydrogen-bond donors (Lipinski definition) is 0. The zero-order valence-electron chi connectivity index (χ0n) is 15.9. The number of cyclic esters (lactones) is 1. The van der Waals surface area contributed by atoms with Gasteiger partial charge in [0, 0.05) is 17.1 Å². The second kappa shape index (κ2) is 6.62. The molecule has 1 aliphatic heterocycles. The lowest BCUT2D eigenvalue weighted by Gasteiger charge is -2.57. The summed E-state index contributed by atoms with van der Waals surface area (Å²) in [6, 6.07) is 0. The Kier molecular flexibility index (Phi) is 4.82. The first-order chi connectivity index (χ1) is 11.8. The zero-order valence-corrected chi connectivity index (χ0v) is 15.9. The highest BCUT2D eigenvalue weighted by atomic mass is 16.5. The van der Waals surface area contributed by atoms with Crippen molar-refractivity contribution in [3.63, 3.8) is 0 Å². The maximum atomic E-state index is 12.4. The van der Waals surface area contributed by atoms with Gasteiger partial charge in [0.2, 0.25) is 0 Å². The number of carbonyl (C=O) groups excluding carboxylic acids is 2. The Hall–Kier alpha value is -1.58. The van der Waals surface area contributed by atoms with Gasteiger partial charge in [0.25, 0.3) is 0 Å². The molecule has 138 valence electrons. The molecule has 4 atom stereocenters. The van der Waals surface area contributed by atoms with Crippen LogP contribution in [0.25, 0.3) is 0 Å². The number of allylic oxidation sites excluding steroid dienone is 1. The fourth-order valence-electron chi connectivity index (χ4n) is 5.52. The summed E-state index contributed by atoms with van der Waals surface area (Å²) in [5, 5.41) is 0. The van der Waals surface area contributed by atoms with Crippen molar-refractivity contribution in [1.29, 1.82) is 0 Å². The van der Waals surface area contributed by atoms with E-state index in [-0.39, 0.29) is 22.8 Å². The first-order valence-corrected chi connectivity index (χ1v) is 9.46. The minimum Gasteiger partial charge on any atom is -0.466 e. The summed E-state index contributed by atoms with van der Waals surface area (Å²) in [5.41, 5.74) is 2.02. The molecule has 4 nitrogen and oxygen atoms in total. The summed E-state index contributed by atoms with van der Waals surface area (Å²) < 4.78 is 10.1. The fourth-order valence-corrected chi connectivity index (χ4v) is 5.52. The summed E-state index contributed by atoms with van der Waals surface area (Å²) >= 11 is 0. The molecule has 25 heavy (non-hydrogen) atoms. The van der Waals surface area contributed by atoms with Crippen molar-refractivity contribution in [1.82, 2.24) is 0 Å². The van der Waals surface area contributed by atoms with Crippen LogP contribution in [0.1, 0.15) is 59.3 Å².